The topological polar surface area (TPSA) is 17.3 Å². The number of hydrogen-bond donors (Lipinski definition) is 0. The van der Waals surface area contributed by atoms with Gasteiger partial charge in [0.05, 0.1) is 11.7 Å². The molecule has 0 unspecified atom stereocenters. The Hall–Kier alpha value is -1.32. The zero-order chi connectivity index (χ0) is 7.84. The average molecular weight is 146 g/mol. The lowest BCUT2D eigenvalue weighted by atomic mass is 9.96. The van der Waals surface area contributed by atoms with Crippen LogP contribution in [0.15, 0.2) is 24.4 Å². The predicted octanol–water partition coefficient (Wildman–Crippen LogP) is 0.267. The summed E-state index contributed by atoms with van der Waals surface area (Å²) >= 11 is 0. The number of rotatable bonds is 0. The van der Waals surface area contributed by atoms with Crippen molar-refractivity contribution in [2.75, 3.05) is 0 Å². The number of fused-ring (bicyclic) bond motifs is 1. The molecule has 0 N–H and O–H groups in total. The molecule has 2 aromatic heterocycles. The van der Waals surface area contributed by atoms with Gasteiger partial charge in [0.25, 0.3) is 0 Å². The third-order valence-corrected chi connectivity index (χ3v) is 1.54. The molecule has 0 bridgehead atoms. The largest absolute Gasteiger partial charge is 0.214 e. The molecular formula is C7H4BFN2. The summed E-state index contributed by atoms with van der Waals surface area (Å²) < 4.78 is 14.0. The second-order valence-electron chi connectivity index (χ2n) is 2.24. The molecule has 0 saturated carbocycles. The highest BCUT2D eigenvalue weighted by Gasteiger charge is 2.00. The van der Waals surface area contributed by atoms with E-state index in [2.05, 4.69) is 5.10 Å². The lowest BCUT2D eigenvalue weighted by Crippen LogP contribution is -2.08. The van der Waals surface area contributed by atoms with Crippen LogP contribution in [0.4, 0.5) is 4.39 Å². The molecule has 2 heterocycles. The Morgan fingerprint density at radius 1 is 1.36 bits per heavy atom. The zero-order valence-corrected chi connectivity index (χ0v) is 5.66. The highest BCUT2D eigenvalue weighted by atomic mass is 19.1. The molecule has 2 rings (SSSR count). The van der Waals surface area contributed by atoms with Gasteiger partial charge in [-0.2, -0.15) is 9.49 Å². The summed E-state index contributed by atoms with van der Waals surface area (Å²) in [6.45, 7) is 0. The predicted molar refractivity (Wildman–Crippen MR) is 40.5 cm³/mol. The number of halogens is 1. The first kappa shape index (κ1) is 6.40. The van der Waals surface area contributed by atoms with E-state index in [1.54, 1.807) is 6.07 Å². The quantitative estimate of drug-likeness (QED) is 0.385. The normalized spacial score (nSPS) is 10.6. The molecular weight excluding hydrogens is 142 g/mol. The third-order valence-electron chi connectivity index (χ3n) is 1.54. The van der Waals surface area contributed by atoms with Crippen LogP contribution in [0.1, 0.15) is 0 Å². The van der Waals surface area contributed by atoms with Crippen molar-refractivity contribution < 1.29 is 4.39 Å². The fourth-order valence-electron chi connectivity index (χ4n) is 1.01. The Morgan fingerprint density at radius 2 is 2.18 bits per heavy atom. The van der Waals surface area contributed by atoms with Gasteiger partial charge in [0.1, 0.15) is 7.85 Å². The van der Waals surface area contributed by atoms with Crippen LogP contribution < -0.4 is 5.46 Å². The molecule has 0 fully saturated rings. The molecule has 0 saturated heterocycles. The Morgan fingerprint density at radius 3 is 2.91 bits per heavy atom. The summed E-state index contributed by atoms with van der Waals surface area (Å²) in [6.07, 6.45) is 1.51. The van der Waals surface area contributed by atoms with Crippen molar-refractivity contribution in [2.45, 2.75) is 0 Å². The van der Waals surface area contributed by atoms with Gasteiger partial charge in [0, 0.05) is 0 Å². The van der Waals surface area contributed by atoms with Crippen molar-refractivity contribution in [3.05, 3.63) is 30.3 Å². The highest BCUT2D eigenvalue weighted by molar-refractivity contribution is 6.36. The van der Waals surface area contributed by atoms with Crippen LogP contribution >= 0.6 is 0 Å². The van der Waals surface area contributed by atoms with Gasteiger partial charge in [-0.3, -0.25) is 0 Å². The summed E-state index contributed by atoms with van der Waals surface area (Å²) in [7, 11) is 5.54. The van der Waals surface area contributed by atoms with Crippen LogP contribution in [0.25, 0.3) is 5.52 Å². The maximum absolute atomic E-state index is 12.8. The molecule has 4 heteroatoms. The maximum Gasteiger partial charge on any atom is 0.214 e. The zero-order valence-electron chi connectivity index (χ0n) is 5.66. The van der Waals surface area contributed by atoms with Crippen LogP contribution in [-0.2, 0) is 0 Å². The van der Waals surface area contributed by atoms with E-state index in [0.717, 1.165) is 4.52 Å². The molecule has 2 nitrogen and oxygen atoms in total. The minimum absolute atomic E-state index is 0.404. The van der Waals surface area contributed by atoms with E-state index in [9.17, 15) is 4.39 Å². The first-order chi connectivity index (χ1) is 5.29. The van der Waals surface area contributed by atoms with Crippen molar-refractivity contribution >= 4 is 18.8 Å². The number of hydrogen-bond acceptors (Lipinski definition) is 1. The van der Waals surface area contributed by atoms with Gasteiger partial charge in [-0.15, -0.1) is 0 Å². The summed E-state index contributed by atoms with van der Waals surface area (Å²) in [6, 6.07) is 4.47. The van der Waals surface area contributed by atoms with Crippen molar-refractivity contribution in [3.63, 3.8) is 0 Å². The molecule has 2 radical (unpaired) electrons. The molecule has 2 aromatic rings. The first-order valence-electron chi connectivity index (χ1n) is 3.17. The van der Waals surface area contributed by atoms with Gasteiger partial charge in [0.2, 0.25) is 5.95 Å². The Kier molecular flexibility index (Phi) is 1.21. The van der Waals surface area contributed by atoms with E-state index < -0.39 is 5.95 Å². The molecule has 0 amide bonds. The number of nitrogens with zero attached hydrogens (tertiary/aromatic N) is 2. The van der Waals surface area contributed by atoms with Gasteiger partial charge >= 0.3 is 0 Å². The standard InChI is InChI=1S/C7H4BFN2/c8-5-1-2-7(9)11-6(5)3-4-10-11/h1-4H. The number of pyridine rings is 1. The average Bonchev–Trinajstić information content (AvgIpc) is 2.45. The molecule has 0 aromatic carbocycles. The lowest BCUT2D eigenvalue weighted by Gasteiger charge is -1.97. The molecule has 0 spiro atoms. The van der Waals surface area contributed by atoms with Gasteiger partial charge < -0.3 is 0 Å². The fraction of sp³-hybridized carbons (Fsp3) is 0. The smallest absolute Gasteiger partial charge is 0.207 e. The van der Waals surface area contributed by atoms with Crippen molar-refractivity contribution in [1.82, 2.24) is 9.61 Å². The highest BCUT2D eigenvalue weighted by Crippen LogP contribution is 2.00. The van der Waals surface area contributed by atoms with Gasteiger partial charge in [0.15, 0.2) is 0 Å². The van der Waals surface area contributed by atoms with E-state index in [-0.39, 0.29) is 0 Å². The Balaban J connectivity index is 2.96. The van der Waals surface area contributed by atoms with Crippen LogP contribution in [-0.4, -0.2) is 17.5 Å². The van der Waals surface area contributed by atoms with Crippen LogP contribution in [0.5, 0.6) is 0 Å². The lowest BCUT2D eigenvalue weighted by molar-refractivity contribution is 0.546. The van der Waals surface area contributed by atoms with E-state index in [0.29, 0.717) is 11.0 Å². The van der Waals surface area contributed by atoms with Crippen molar-refractivity contribution in [3.8, 4) is 0 Å². The van der Waals surface area contributed by atoms with E-state index in [4.69, 9.17) is 7.85 Å². The number of aromatic nitrogens is 2. The van der Waals surface area contributed by atoms with Crippen LogP contribution in [0.3, 0.4) is 0 Å². The molecule has 0 aliphatic heterocycles. The van der Waals surface area contributed by atoms with Crippen molar-refractivity contribution in [1.29, 1.82) is 0 Å². The molecule has 11 heavy (non-hydrogen) atoms. The summed E-state index contributed by atoms with van der Waals surface area (Å²) in [5.74, 6) is -0.404. The maximum atomic E-state index is 12.8. The van der Waals surface area contributed by atoms with Gasteiger partial charge in [-0.1, -0.05) is 11.5 Å². The monoisotopic (exact) mass is 146 g/mol. The minimum Gasteiger partial charge on any atom is -0.207 e. The van der Waals surface area contributed by atoms with Crippen LogP contribution in [0.2, 0.25) is 0 Å². The van der Waals surface area contributed by atoms with Crippen LogP contribution in [0, 0.1) is 5.95 Å². The van der Waals surface area contributed by atoms with E-state index >= 15 is 0 Å². The first-order valence-corrected chi connectivity index (χ1v) is 3.17. The molecule has 0 aliphatic carbocycles. The second-order valence-corrected chi connectivity index (χ2v) is 2.24. The van der Waals surface area contributed by atoms with Gasteiger partial charge in [-0.05, 0) is 12.1 Å². The fourth-order valence-corrected chi connectivity index (χ4v) is 1.01. The minimum atomic E-state index is -0.404. The summed E-state index contributed by atoms with van der Waals surface area (Å²) in [4.78, 5) is 0. The molecule has 52 valence electrons. The van der Waals surface area contributed by atoms with Gasteiger partial charge in [-0.25, -0.2) is 4.52 Å². The Labute approximate surface area is 64.1 Å². The Bertz CT molecular complexity index is 360. The molecule has 0 aliphatic rings. The summed E-state index contributed by atoms with van der Waals surface area (Å²) in [5, 5.41) is 3.74. The van der Waals surface area contributed by atoms with E-state index in [1.807, 2.05) is 0 Å². The summed E-state index contributed by atoms with van der Waals surface area (Å²) in [5.41, 5.74) is 1.13. The SMILES string of the molecule is [B]c1ccc(F)n2nccc12. The third kappa shape index (κ3) is 0.825. The molecule has 0 atom stereocenters. The van der Waals surface area contributed by atoms with Crippen molar-refractivity contribution in [2.24, 2.45) is 0 Å². The van der Waals surface area contributed by atoms with E-state index in [1.165, 1.54) is 18.3 Å². The second kappa shape index (κ2) is 2.08.